The number of carbonyl (C=O) groups is 1. The predicted octanol–water partition coefficient (Wildman–Crippen LogP) is 4.21. The van der Waals surface area contributed by atoms with Gasteiger partial charge < -0.3 is 5.11 Å². The number of aliphatic carboxylic acids is 1. The normalized spacial score (nSPS) is 12.3. The number of aromatic nitrogens is 1. The molecule has 3 nitrogen and oxygen atoms in total. The van der Waals surface area contributed by atoms with E-state index in [9.17, 15) is 4.79 Å². The quantitative estimate of drug-likeness (QED) is 0.868. The van der Waals surface area contributed by atoms with Crippen molar-refractivity contribution < 1.29 is 9.90 Å². The summed E-state index contributed by atoms with van der Waals surface area (Å²) >= 11 is 3.27. The summed E-state index contributed by atoms with van der Waals surface area (Å²) in [5.74, 6) is 0.0141. The Morgan fingerprint density at radius 3 is 2.75 bits per heavy atom. The molecule has 0 aliphatic heterocycles. The molecule has 0 fully saturated rings. The van der Waals surface area contributed by atoms with Crippen LogP contribution in [0.4, 0.5) is 0 Å². The third-order valence-electron chi connectivity index (χ3n) is 2.83. The van der Waals surface area contributed by atoms with Crippen LogP contribution in [-0.2, 0) is 10.5 Å². The van der Waals surface area contributed by atoms with E-state index in [-0.39, 0.29) is 11.7 Å². The Balaban J connectivity index is 1.95. The Kier molecular flexibility index (Phi) is 5.20. The molecule has 1 atom stereocenters. The van der Waals surface area contributed by atoms with Crippen LogP contribution < -0.4 is 0 Å². The van der Waals surface area contributed by atoms with Crippen LogP contribution in [0.1, 0.15) is 24.6 Å². The number of hydrogen-bond donors (Lipinski definition) is 1. The van der Waals surface area contributed by atoms with Gasteiger partial charge in [0.2, 0.25) is 0 Å². The van der Waals surface area contributed by atoms with Crippen LogP contribution in [0.15, 0.2) is 29.6 Å². The maximum Gasteiger partial charge on any atom is 0.304 e. The fraction of sp³-hybridized carbons (Fsp3) is 0.333. The van der Waals surface area contributed by atoms with Crippen molar-refractivity contribution in [3.63, 3.8) is 0 Å². The highest BCUT2D eigenvalue weighted by molar-refractivity contribution is 7.99. The van der Waals surface area contributed by atoms with Crippen LogP contribution in [0.25, 0.3) is 10.6 Å². The van der Waals surface area contributed by atoms with Crippen LogP contribution in [-0.4, -0.2) is 21.3 Å². The van der Waals surface area contributed by atoms with Crippen molar-refractivity contribution in [2.45, 2.75) is 31.3 Å². The molecule has 0 amide bonds. The minimum Gasteiger partial charge on any atom is -0.481 e. The van der Waals surface area contributed by atoms with E-state index in [1.807, 2.05) is 6.92 Å². The fourth-order valence-electron chi connectivity index (χ4n) is 1.73. The molecule has 0 saturated heterocycles. The highest BCUT2D eigenvalue weighted by Crippen LogP contribution is 2.27. The molecule has 1 aromatic carbocycles. The summed E-state index contributed by atoms with van der Waals surface area (Å²) in [5.41, 5.74) is 3.40. The minimum absolute atomic E-state index is 0.108. The first kappa shape index (κ1) is 15.1. The maximum atomic E-state index is 10.6. The molecule has 2 rings (SSSR count). The van der Waals surface area contributed by atoms with Gasteiger partial charge in [0, 0.05) is 21.9 Å². The number of thiazole rings is 1. The average molecular weight is 307 g/mol. The van der Waals surface area contributed by atoms with Crippen molar-refractivity contribution >= 4 is 29.1 Å². The Hall–Kier alpha value is -1.33. The Bertz CT molecular complexity index is 578. The summed E-state index contributed by atoms with van der Waals surface area (Å²) in [6.07, 6.45) is 0.194. The van der Waals surface area contributed by atoms with Gasteiger partial charge in [-0.2, -0.15) is 11.8 Å². The Labute approximate surface area is 127 Å². The van der Waals surface area contributed by atoms with E-state index in [1.165, 1.54) is 5.56 Å². The molecule has 0 bridgehead atoms. The van der Waals surface area contributed by atoms with Crippen molar-refractivity contribution in [1.29, 1.82) is 0 Å². The molecule has 1 aromatic heterocycles. The van der Waals surface area contributed by atoms with Gasteiger partial charge in [-0.05, 0) is 6.92 Å². The lowest BCUT2D eigenvalue weighted by Gasteiger charge is -2.06. The van der Waals surface area contributed by atoms with Gasteiger partial charge in [0.15, 0.2) is 0 Å². The molecule has 0 spiro atoms. The van der Waals surface area contributed by atoms with Gasteiger partial charge in [-0.3, -0.25) is 4.79 Å². The predicted molar refractivity (Wildman–Crippen MR) is 85.3 cm³/mol. The molecular weight excluding hydrogens is 290 g/mol. The van der Waals surface area contributed by atoms with E-state index in [2.05, 4.69) is 41.6 Å². The SMILES string of the molecule is Cc1ccc(-c2nc(CSC(C)CC(=O)O)cs2)cc1. The average Bonchev–Trinajstić information content (AvgIpc) is 2.85. The first-order valence-electron chi connectivity index (χ1n) is 6.39. The van der Waals surface area contributed by atoms with Crippen molar-refractivity contribution in [2.75, 3.05) is 0 Å². The molecular formula is C15H17NO2S2. The summed E-state index contributed by atoms with van der Waals surface area (Å²) < 4.78 is 0. The number of hydrogen-bond acceptors (Lipinski definition) is 4. The highest BCUT2D eigenvalue weighted by atomic mass is 32.2. The topological polar surface area (TPSA) is 50.2 Å². The standard InChI is InChI=1S/C15H17NO2S2/c1-10-3-5-12(6-4-10)15-16-13(9-20-15)8-19-11(2)7-14(17)18/h3-6,9,11H,7-8H2,1-2H3,(H,17,18). The van der Waals surface area contributed by atoms with Gasteiger partial charge in [-0.1, -0.05) is 36.8 Å². The smallest absolute Gasteiger partial charge is 0.304 e. The number of rotatable bonds is 6. The number of benzene rings is 1. The summed E-state index contributed by atoms with van der Waals surface area (Å²) in [7, 11) is 0. The molecule has 1 N–H and O–H groups in total. The van der Waals surface area contributed by atoms with Crippen molar-refractivity contribution in [3.05, 3.63) is 40.9 Å². The molecule has 1 unspecified atom stereocenters. The zero-order valence-corrected chi connectivity index (χ0v) is 13.1. The van der Waals surface area contributed by atoms with Crippen LogP contribution in [0.2, 0.25) is 0 Å². The van der Waals surface area contributed by atoms with Gasteiger partial charge in [0.25, 0.3) is 0 Å². The van der Waals surface area contributed by atoms with E-state index in [0.29, 0.717) is 0 Å². The fourth-order valence-corrected chi connectivity index (χ4v) is 3.53. The second-order valence-electron chi connectivity index (χ2n) is 4.73. The zero-order valence-electron chi connectivity index (χ0n) is 11.5. The summed E-state index contributed by atoms with van der Waals surface area (Å²) in [4.78, 5) is 15.2. The van der Waals surface area contributed by atoms with Crippen LogP contribution >= 0.6 is 23.1 Å². The first-order chi connectivity index (χ1) is 9.54. The van der Waals surface area contributed by atoms with Gasteiger partial charge in [-0.15, -0.1) is 11.3 Å². The van der Waals surface area contributed by atoms with Gasteiger partial charge in [0.05, 0.1) is 12.1 Å². The minimum atomic E-state index is -0.747. The molecule has 0 radical (unpaired) electrons. The molecule has 106 valence electrons. The molecule has 0 aliphatic carbocycles. The molecule has 0 aliphatic rings. The second kappa shape index (κ2) is 6.90. The summed E-state index contributed by atoms with van der Waals surface area (Å²) in [5, 5.41) is 11.9. The Morgan fingerprint density at radius 2 is 2.10 bits per heavy atom. The second-order valence-corrected chi connectivity index (χ2v) is 7.01. The third kappa shape index (κ3) is 4.35. The van der Waals surface area contributed by atoms with E-state index in [4.69, 9.17) is 5.11 Å². The first-order valence-corrected chi connectivity index (χ1v) is 8.32. The summed E-state index contributed by atoms with van der Waals surface area (Å²) in [6.45, 7) is 4.00. The molecule has 1 heterocycles. The van der Waals surface area contributed by atoms with E-state index >= 15 is 0 Å². The molecule has 20 heavy (non-hydrogen) atoms. The monoisotopic (exact) mass is 307 g/mol. The molecule has 2 aromatic rings. The number of thioether (sulfide) groups is 1. The third-order valence-corrected chi connectivity index (χ3v) is 4.97. The van der Waals surface area contributed by atoms with E-state index in [0.717, 1.165) is 22.0 Å². The number of nitrogens with zero attached hydrogens (tertiary/aromatic N) is 1. The molecule has 0 saturated carbocycles. The van der Waals surface area contributed by atoms with Crippen LogP contribution in [0.5, 0.6) is 0 Å². The van der Waals surface area contributed by atoms with Crippen LogP contribution in [0, 0.1) is 6.92 Å². The van der Waals surface area contributed by atoms with Crippen molar-refractivity contribution in [3.8, 4) is 10.6 Å². The number of aryl methyl sites for hydroxylation is 1. The van der Waals surface area contributed by atoms with Gasteiger partial charge >= 0.3 is 5.97 Å². The Morgan fingerprint density at radius 1 is 1.40 bits per heavy atom. The van der Waals surface area contributed by atoms with Crippen LogP contribution in [0.3, 0.4) is 0 Å². The lowest BCUT2D eigenvalue weighted by atomic mass is 10.2. The lowest BCUT2D eigenvalue weighted by molar-refractivity contribution is -0.136. The van der Waals surface area contributed by atoms with E-state index in [1.54, 1.807) is 23.1 Å². The van der Waals surface area contributed by atoms with Crippen molar-refractivity contribution in [2.24, 2.45) is 0 Å². The van der Waals surface area contributed by atoms with Gasteiger partial charge in [0.1, 0.15) is 5.01 Å². The van der Waals surface area contributed by atoms with Gasteiger partial charge in [-0.25, -0.2) is 4.98 Å². The maximum absolute atomic E-state index is 10.6. The molecule has 5 heteroatoms. The zero-order chi connectivity index (χ0) is 14.5. The highest BCUT2D eigenvalue weighted by Gasteiger charge is 2.10. The number of carboxylic acid groups (broad SMARTS) is 1. The van der Waals surface area contributed by atoms with E-state index < -0.39 is 5.97 Å². The largest absolute Gasteiger partial charge is 0.481 e. The summed E-state index contributed by atoms with van der Waals surface area (Å²) in [6, 6.07) is 8.33. The lowest BCUT2D eigenvalue weighted by Crippen LogP contribution is -2.05. The number of carboxylic acids is 1. The van der Waals surface area contributed by atoms with Crippen molar-refractivity contribution in [1.82, 2.24) is 4.98 Å².